The Bertz CT molecular complexity index is 351. The van der Waals surface area contributed by atoms with Crippen LogP contribution in [0.5, 0.6) is 0 Å². The Morgan fingerprint density at radius 1 is 1.06 bits per heavy atom. The fourth-order valence-corrected chi connectivity index (χ4v) is 2.86. The number of hydrogen-bond acceptors (Lipinski definition) is 2. The van der Waals surface area contributed by atoms with E-state index in [0.29, 0.717) is 18.0 Å². The molecule has 2 saturated carbocycles. The third kappa shape index (κ3) is 2.00. The lowest BCUT2D eigenvalue weighted by atomic mass is 10.1. The van der Waals surface area contributed by atoms with E-state index in [1.54, 1.807) is 0 Å². The molecule has 0 saturated heterocycles. The van der Waals surface area contributed by atoms with Gasteiger partial charge in [-0.2, -0.15) is 0 Å². The van der Waals surface area contributed by atoms with Gasteiger partial charge in [0.05, 0.1) is 6.10 Å². The molecule has 2 fully saturated rings. The van der Waals surface area contributed by atoms with Crippen molar-refractivity contribution in [3.05, 3.63) is 35.9 Å². The molecule has 3 rings (SSSR count). The van der Waals surface area contributed by atoms with Gasteiger partial charge in [-0.15, -0.1) is 0 Å². The zero-order valence-electron chi connectivity index (χ0n) is 9.47. The van der Waals surface area contributed by atoms with Crippen molar-refractivity contribution in [2.24, 2.45) is 0 Å². The number of nitrogens with one attached hydrogen (secondary N) is 1. The average Bonchev–Trinajstić information content (AvgIpc) is 2.97. The Kier molecular flexibility index (Phi) is 2.70. The van der Waals surface area contributed by atoms with Gasteiger partial charge >= 0.3 is 0 Å². The number of aliphatic hydroxyl groups excluding tert-OH is 1. The lowest BCUT2D eigenvalue weighted by molar-refractivity contribution is 0.148. The van der Waals surface area contributed by atoms with Gasteiger partial charge in [0.25, 0.3) is 0 Å². The molecule has 4 atom stereocenters. The maximum absolute atomic E-state index is 9.76. The second kappa shape index (κ2) is 4.19. The zero-order chi connectivity index (χ0) is 11.0. The summed E-state index contributed by atoms with van der Waals surface area (Å²) >= 11 is 0. The molecule has 2 N–H and O–H groups in total. The quantitative estimate of drug-likeness (QED) is 0.812. The van der Waals surface area contributed by atoms with Gasteiger partial charge in [-0.25, -0.2) is 0 Å². The van der Waals surface area contributed by atoms with Crippen LogP contribution >= 0.6 is 0 Å². The highest BCUT2D eigenvalue weighted by Gasteiger charge is 2.41. The Morgan fingerprint density at radius 2 is 1.88 bits per heavy atom. The van der Waals surface area contributed by atoms with Crippen molar-refractivity contribution in [1.82, 2.24) is 5.32 Å². The first-order chi connectivity index (χ1) is 7.84. The van der Waals surface area contributed by atoms with Crippen molar-refractivity contribution in [2.75, 3.05) is 0 Å². The Balaban J connectivity index is 1.56. The molecule has 2 heteroatoms. The summed E-state index contributed by atoms with van der Waals surface area (Å²) in [7, 11) is 0. The number of aliphatic hydroxyl groups is 1. The second-order valence-electron chi connectivity index (χ2n) is 5.13. The van der Waals surface area contributed by atoms with E-state index in [4.69, 9.17) is 0 Å². The standard InChI is InChI=1S/C14H19NO/c16-14-8-4-7-12(14)15-13-9-11(13)10-5-2-1-3-6-10/h1-3,5-6,11-16H,4,7-9H2/t11?,12-,13?,14-/m1/s1. The summed E-state index contributed by atoms with van der Waals surface area (Å²) in [6, 6.07) is 11.6. The molecule has 0 bridgehead atoms. The molecule has 2 unspecified atom stereocenters. The van der Waals surface area contributed by atoms with E-state index in [0.717, 1.165) is 12.8 Å². The van der Waals surface area contributed by atoms with E-state index in [1.165, 1.54) is 18.4 Å². The molecule has 0 heterocycles. The van der Waals surface area contributed by atoms with Gasteiger partial charge in [0.2, 0.25) is 0 Å². The lowest BCUT2D eigenvalue weighted by Crippen LogP contribution is -2.37. The van der Waals surface area contributed by atoms with Crippen molar-refractivity contribution in [3.63, 3.8) is 0 Å². The van der Waals surface area contributed by atoms with Crippen molar-refractivity contribution < 1.29 is 5.11 Å². The van der Waals surface area contributed by atoms with Crippen LogP contribution < -0.4 is 5.32 Å². The SMILES string of the molecule is O[C@@H]1CCC[C@H]1NC1CC1c1ccccc1. The maximum atomic E-state index is 9.76. The molecule has 2 nitrogen and oxygen atoms in total. The summed E-state index contributed by atoms with van der Waals surface area (Å²) in [5.41, 5.74) is 1.44. The highest BCUT2D eigenvalue weighted by molar-refractivity contribution is 5.27. The first kappa shape index (κ1) is 10.3. The molecular weight excluding hydrogens is 198 g/mol. The average molecular weight is 217 g/mol. The number of hydrogen-bond donors (Lipinski definition) is 2. The summed E-state index contributed by atoms with van der Waals surface area (Å²) in [5, 5.41) is 13.4. The van der Waals surface area contributed by atoms with Crippen molar-refractivity contribution in [2.45, 2.75) is 49.8 Å². The van der Waals surface area contributed by atoms with E-state index in [1.807, 2.05) is 0 Å². The van der Waals surface area contributed by atoms with Crippen LogP contribution in [0.2, 0.25) is 0 Å². The van der Waals surface area contributed by atoms with Crippen LogP contribution in [0.1, 0.15) is 37.2 Å². The fourth-order valence-electron chi connectivity index (χ4n) is 2.86. The smallest absolute Gasteiger partial charge is 0.0693 e. The molecule has 0 spiro atoms. The molecule has 1 aromatic rings. The van der Waals surface area contributed by atoms with Crippen LogP contribution in [-0.4, -0.2) is 23.3 Å². The van der Waals surface area contributed by atoms with Crippen LogP contribution in [0.3, 0.4) is 0 Å². The second-order valence-corrected chi connectivity index (χ2v) is 5.13. The fraction of sp³-hybridized carbons (Fsp3) is 0.571. The third-order valence-corrected chi connectivity index (χ3v) is 3.93. The first-order valence-corrected chi connectivity index (χ1v) is 6.33. The van der Waals surface area contributed by atoms with Gasteiger partial charge in [-0.05, 0) is 31.2 Å². The number of benzene rings is 1. The first-order valence-electron chi connectivity index (χ1n) is 6.33. The molecule has 0 amide bonds. The molecule has 2 aliphatic carbocycles. The summed E-state index contributed by atoms with van der Waals surface area (Å²) in [6.07, 6.45) is 4.39. The van der Waals surface area contributed by atoms with E-state index < -0.39 is 0 Å². The van der Waals surface area contributed by atoms with Gasteiger partial charge in [-0.3, -0.25) is 0 Å². The molecule has 1 aromatic carbocycles. The predicted molar refractivity (Wildman–Crippen MR) is 64.4 cm³/mol. The summed E-state index contributed by atoms with van der Waals surface area (Å²) < 4.78 is 0. The summed E-state index contributed by atoms with van der Waals surface area (Å²) in [6.45, 7) is 0. The summed E-state index contributed by atoms with van der Waals surface area (Å²) in [4.78, 5) is 0. The van der Waals surface area contributed by atoms with E-state index in [-0.39, 0.29) is 6.10 Å². The van der Waals surface area contributed by atoms with Gasteiger partial charge in [0.1, 0.15) is 0 Å². The minimum atomic E-state index is -0.114. The lowest BCUT2D eigenvalue weighted by Gasteiger charge is -2.16. The minimum Gasteiger partial charge on any atom is -0.392 e. The van der Waals surface area contributed by atoms with E-state index in [9.17, 15) is 5.11 Å². The predicted octanol–water partition coefficient (Wildman–Crippen LogP) is 2.05. The zero-order valence-corrected chi connectivity index (χ0v) is 9.47. The summed E-state index contributed by atoms with van der Waals surface area (Å²) in [5.74, 6) is 0.675. The molecule has 86 valence electrons. The van der Waals surface area contributed by atoms with E-state index >= 15 is 0 Å². The van der Waals surface area contributed by atoms with Gasteiger partial charge in [0.15, 0.2) is 0 Å². The van der Waals surface area contributed by atoms with E-state index in [2.05, 4.69) is 35.6 Å². The highest BCUT2D eigenvalue weighted by Crippen LogP contribution is 2.41. The minimum absolute atomic E-state index is 0.114. The molecule has 0 aromatic heterocycles. The molecule has 0 aliphatic heterocycles. The van der Waals surface area contributed by atoms with Crippen LogP contribution in [0.25, 0.3) is 0 Å². The Morgan fingerprint density at radius 3 is 2.56 bits per heavy atom. The monoisotopic (exact) mass is 217 g/mol. The van der Waals surface area contributed by atoms with Crippen molar-refractivity contribution >= 4 is 0 Å². The van der Waals surface area contributed by atoms with Crippen molar-refractivity contribution in [1.29, 1.82) is 0 Å². The highest BCUT2D eigenvalue weighted by atomic mass is 16.3. The van der Waals surface area contributed by atoms with Crippen LogP contribution in [0.15, 0.2) is 30.3 Å². The van der Waals surface area contributed by atoms with Crippen LogP contribution in [0.4, 0.5) is 0 Å². The Labute approximate surface area is 96.7 Å². The molecule has 2 aliphatic rings. The molecule has 0 radical (unpaired) electrons. The Hall–Kier alpha value is -0.860. The van der Waals surface area contributed by atoms with Gasteiger partial charge in [0, 0.05) is 18.0 Å². The largest absolute Gasteiger partial charge is 0.392 e. The molecular formula is C14H19NO. The van der Waals surface area contributed by atoms with Gasteiger partial charge < -0.3 is 10.4 Å². The topological polar surface area (TPSA) is 32.3 Å². The van der Waals surface area contributed by atoms with Crippen molar-refractivity contribution in [3.8, 4) is 0 Å². The third-order valence-electron chi connectivity index (χ3n) is 3.93. The van der Waals surface area contributed by atoms with Crippen LogP contribution in [-0.2, 0) is 0 Å². The maximum Gasteiger partial charge on any atom is 0.0693 e. The number of rotatable bonds is 3. The van der Waals surface area contributed by atoms with Gasteiger partial charge in [-0.1, -0.05) is 30.3 Å². The normalized spacial score (nSPS) is 37.6. The molecule has 16 heavy (non-hydrogen) atoms. The van der Waals surface area contributed by atoms with Crippen LogP contribution in [0, 0.1) is 0 Å².